The fourth-order valence-electron chi connectivity index (χ4n) is 3.98. The molecule has 3 heterocycles. The van der Waals surface area contributed by atoms with Crippen LogP contribution in [-0.2, 0) is 6.42 Å². The molecule has 1 aromatic heterocycles. The van der Waals surface area contributed by atoms with Gasteiger partial charge in [-0.05, 0) is 19.0 Å². The molecule has 2 unspecified atom stereocenters. The Morgan fingerprint density at radius 2 is 2.00 bits per heavy atom. The van der Waals surface area contributed by atoms with Crippen molar-refractivity contribution in [3.8, 4) is 0 Å². The molecule has 0 aliphatic carbocycles. The Labute approximate surface area is 164 Å². The first kappa shape index (κ1) is 18.7. The third kappa shape index (κ3) is 3.56. The molecule has 0 spiro atoms. The lowest BCUT2D eigenvalue weighted by molar-refractivity contribution is 0.0738. The van der Waals surface area contributed by atoms with Crippen LogP contribution in [0.1, 0.15) is 41.6 Å². The molecule has 1 saturated heterocycles. The third-order valence-electron chi connectivity index (χ3n) is 5.54. The van der Waals surface area contributed by atoms with Crippen LogP contribution in [0.5, 0.6) is 0 Å². The van der Waals surface area contributed by atoms with Gasteiger partial charge in [-0.25, -0.2) is 4.98 Å². The average molecular weight is 386 g/mol. The van der Waals surface area contributed by atoms with E-state index < -0.39 is 0 Å². The Balaban J connectivity index is 1.64. The maximum atomic E-state index is 13.2. The topological polar surface area (TPSA) is 54.3 Å². The first-order chi connectivity index (χ1) is 13.1. The highest BCUT2D eigenvalue weighted by molar-refractivity contribution is 8.00. The van der Waals surface area contributed by atoms with Gasteiger partial charge in [-0.1, -0.05) is 55.4 Å². The van der Waals surface area contributed by atoms with E-state index in [1.54, 1.807) is 11.8 Å². The predicted molar refractivity (Wildman–Crippen MR) is 107 cm³/mol. The number of carbonyl (C=O) groups excluding carboxylic acids is 1. The van der Waals surface area contributed by atoms with Crippen molar-refractivity contribution >= 4 is 17.7 Å². The van der Waals surface area contributed by atoms with E-state index in [0.717, 1.165) is 50.1 Å². The van der Waals surface area contributed by atoms with E-state index in [4.69, 9.17) is 0 Å². The van der Waals surface area contributed by atoms with Crippen LogP contribution in [-0.4, -0.2) is 68.4 Å². The van der Waals surface area contributed by atoms with Gasteiger partial charge in [0.05, 0.1) is 6.04 Å². The van der Waals surface area contributed by atoms with E-state index in [0.29, 0.717) is 0 Å². The number of fused-ring (bicyclic) bond motifs is 1. The van der Waals surface area contributed by atoms with Crippen LogP contribution in [0.3, 0.4) is 0 Å². The molecule has 2 aliphatic rings. The molecule has 2 atom stereocenters. The Morgan fingerprint density at radius 1 is 1.22 bits per heavy atom. The molecule has 1 fully saturated rings. The molecule has 0 N–H and O–H groups in total. The summed E-state index contributed by atoms with van der Waals surface area (Å²) < 4.78 is 1.53. The van der Waals surface area contributed by atoms with Gasteiger partial charge >= 0.3 is 0 Å². The number of aryl methyl sites for hydroxylation is 2. The standard InChI is InChI=1S/C20H27N5OS/c1-4-16-21-20-25(22-16)19(26)18(27-20)17(15-8-6-7-14(3)13-15)24-11-9-23(5-2)10-12-24/h6-8,13,17-18H,4-5,9-12H2,1-3H3. The van der Waals surface area contributed by atoms with Gasteiger partial charge in [0.25, 0.3) is 5.91 Å². The smallest absolute Gasteiger partial charge is 0.264 e. The fourth-order valence-corrected chi connectivity index (χ4v) is 5.26. The van der Waals surface area contributed by atoms with Crippen molar-refractivity contribution in [1.29, 1.82) is 0 Å². The van der Waals surface area contributed by atoms with Crippen LogP contribution < -0.4 is 0 Å². The van der Waals surface area contributed by atoms with Crippen LogP contribution >= 0.6 is 11.8 Å². The van der Waals surface area contributed by atoms with Gasteiger partial charge in [0.2, 0.25) is 0 Å². The lowest BCUT2D eigenvalue weighted by atomic mass is 9.98. The van der Waals surface area contributed by atoms with Crippen LogP contribution in [0.4, 0.5) is 0 Å². The van der Waals surface area contributed by atoms with Crippen LogP contribution in [0, 0.1) is 6.92 Å². The largest absolute Gasteiger partial charge is 0.301 e. The average Bonchev–Trinajstić information content (AvgIpc) is 3.22. The SMILES string of the molecule is CCc1nc2n(n1)C(=O)C(C(c1cccc(C)c1)N1CCN(CC)CC1)S2. The summed E-state index contributed by atoms with van der Waals surface area (Å²) in [4.78, 5) is 22.7. The van der Waals surface area contributed by atoms with Crippen LogP contribution in [0.15, 0.2) is 29.4 Å². The highest BCUT2D eigenvalue weighted by Gasteiger charge is 2.43. The van der Waals surface area contributed by atoms with Gasteiger partial charge in [-0.2, -0.15) is 4.68 Å². The minimum Gasteiger partial charge on any atom is -0.301 e. The summed E-state index contributed by atoms with van der Waals surface area (Å²) in [6.45, 7) is 11.5. The van der Waals surface area contributed by atoms with E-state index >= 15 is 0 Å². The number of hydrogen-bond donors (Lipinski definition) is 0. The Kier molecular flexibility index (Phi) is 5.34. The molecule has 2 aromatic rings. The summed E-state index contributed by atoms with van der Waals surface area (Å²) >= 11 is 1.57. The van der Waals surface area contributed by atoms with E-state index in [9.17, 15) is 4.79 Å². The molecule has 0 amide bonds. The van der Waals surface area contributed by atoms with E-state index in [1.165, 1.54) is 15.8 Å². The van der Waals surface area contributed by atoms with Crippen molar-refractivity contribution < 1.29 is 4.79 Å². The van der Waals surface area contributed by atoms with Crippen LogP contribution in [0.2, 0.25) is 0 Å². The first-order valence-corrected chi connectivity index (χ1v) is 10.7. The highest BCUT2D eigenvalue weighted by atomic mass is 32.2. The van der Waals surface area contributed by atoms with Gasteiger partial charge < -0.3 is 4.90 Å². The molecule has 0 bridgehead atoms. The molecule has 27 heavy (non-hydrogen) atoms. The number of nitrogens with zero attached hydrogens (tertiary/aromatic N) is 5. The first-order valence-electron chi connectivity index (χ1n) is 9.80. The second-order valence-corrected chi connectivity index (χ2v) is 8.39. The Morgan fingerprint density at radius 3 is 2.63 bits per heavy atom. The van der Waals surface area contributed by atoms with Crippen molar-refractivity contribution in [3.05, 3.63) is 41.2 Å². The van der Waals surface area contributed by atoms with Gasteiger partial charge in [0.15, 0.2) is 11.0 Å². The highest BCUT2D eigenvalue weighted by Crippen LogP contribution is 2.41. The number of rotatable bonds is 5. The van der Waals surface area contributed by atoms with Gasteiger partial charge in [-0.15, -0.1) is 5.10 Å². The molecule has 2 aliphatic heterocycles. The molecular formula is C20H27N5OS. The number of carbonyl (C=O) groups is 1. The molecule has 144 valence electrons. The summed E-state index contributed by atoms with van der Waals surface area (Å²) in [6, 6.07) is 8.63. The summed E-state index contributed by atoms with van der Waals surface area (Å²) in [6.07, 6.45) is 0.749. The van der Waals surface area contributed by atoms with Crippen molar-refractivity contribution in [2.45, 2.75) is 43.6 Å². The summed E-state index contributed by atoms with van der Waals surface area (Å²) in [5, 5.41) is 4.96. The van der Waals surface area contributed by atoms with Gasteiger partial charge in [0, 0.05) is 32.6 Å². The van der Waals surface area contributed by atoms with E-state index in [1.807, 2.05) is 6.92 Å². The molecular weight excluding hydrogens is 358 g/mol. The summed E-state index contributed by atoms with van der Waals surface area (Å²) in [7, 11) is 0. The zero-order valence-electron chi connectivity index (χ0n) is 16.3. The second-order valence-electron chi connectivity index (χ2n) is 7.28. The molecule has 1 aromatic carbocycles. The third-order valence-corrected chi connectivity index (χ3v) is 6.73. The van der Waals surface area contributed by atoms with Crippen molar-refractivity contribution in [2.24, 2.45) is 0 Å². The lowest BCUT2D eigenvalue weighted by Gasteiger charge is -2.40. The molecule has 4 rings (SSSR count). The molecule has 0 radical (unpaired) electrons. The van der Waals surface area contributed by atoms with Crippen molar-refractivity contribution in [2.75, 3.05) is 32.7 Å². The zero-order chi connectivity index (χ0) is 19.0. The quantitative estimate of drug-likeness (QED) is 0.789. The van der Waals surface area contributed by atoms with Gasteiger partial charge in [-0.3, -0.25) is 9.69 Å². The minimum absolute atomic E-state index is 0.0509. The van der Waals surface area contributed by atoms with Crippen molar-refractivity contribution in [3.63, 3.8) is 0 Å². The second kappa shape index (κ2) is 7.73. The Bertz CT molecular complexity index is 828. The summed E-state index contributed by atoms with van der Waals surface area (Å²) in [5.74, 6) is 0.805. The molecule has 7 heteroatoms. The van der Waals surface area contributed by atoms with E-state index in [-0.39, 0.29) is 17.2 Å². The lowest BCUT2D eigenvalue weighted by Crippen LogP contribution is -2.50. The number of likely N-dealkylation sites (N-methyl/N-ethyl adjacent to an activating group) is 1. The number of aromatic nitrogens is 3. The predicted octanol–water partition coefficient (Wildman–Crippen LogP) is 2.64. The number of hydrogen-bond acceptors (Lipinski definition) is 6. The summed E-state index contributed by atoms with van der Waals surface area (Å²) in [5.41, 5.74) is 2.44. The van der Waals surface area contributed by atoms with Gasteiger partial charge in [0.1, 0.15) is 5.25 Å². The maximum absolute atomic E-state index is 13.2. The van der Waals surface area contributed by atoms with Crippen molar-refractivity contribution in [1.82, 2.24) is 24.6 Å². The maximum Gasteiger partial charge on any atom is 0.264 e. The number of piperazine rings is 1. The van der Waals surface area contributed by atoms with Crippen LogP contribution in [0.25, 0.3) is 0 Å². The van der Waals surface area contributed by atoms with E-state index in [2.05, 4.69) is 58.0 Å². The number of benzene rings is 1. The molecule has 6 nitrogen and oxygen atoms in total. The normalized spacial score (nSPS) is 22.2. The zero-order valence-corrected chi connectivity index (χ0v) is 17.1. The monoisotopic (exact) mass is 385 g/mol. The minimum atomic E-state index is -0.194. The Hall–Kier alpha value is -1.70. The fraction of sp³-hybridized carbons (Fsp3) is 0.550. The molecule has 0 saturated carbocycles. The number of thioether (sulfide) groups is 1.